The van der Waals surface area contributed by atoms with Gasteiger partial charge in [-0.2, -0.15) is 0 Å². The van der Waals surface area contributed by atoms with Gasteiger partial charge in [0.05, 0.1) is 6.42 Å². The maximum atomic E-state index is 11.3. The number of carbonyl (C=O) groups is 2. The van der Waals surface area contributed by atoms with E-state index in [9.17, 15) is 9.59 Å². The second-order valence-electron chi connectivity index (χ2n) is 7.18. The van der Waals surface area contributed by atoms with E-state index in [-0.39, 0.29) is 48.3 Å². The maximum absolute atomic E-state index is 11.3. The van der Waals surface area contributed by atoms with Gasteiger partial charge in [-0.15, -0.1) is 0 Å². The van der Waals surface area contributed by atoms with Gasteiger partial charge in [0.1, 0.15) is 0 Å². The van der Waals surface area contributed by atoms with Crippen molar-refractivity contribution >= 4 is 41.4 Å². The van der Waals surface area contributed by atoms with Gasteiger partial charge in [-0.1, -0.05) is 76.9 Å². The van der Waals surface area contributed by atoms with Crippen LogP contribution in [0.15, 0.2) is 12.2 Å². The second kappa shape index (κ2) is 23.7. The Morgan fingerprint density at radius 3 is 1.74 bits per heavy atom. The van der Waals surface area contributed by atoms with Crippen LogP contribution < -0.4 is 5.32 Å². The number of hydrogen-bond acceptors (Lipinski definition) is 2. The van der Waals surface area contributed by atoms with E-state index in [1.165, 1.54) is 77.0 Å². The first kappa shape index (κ1) is 28.9. The summed E-state index contributed by atoms with van der Waals surface area (Å²) < 4.78 is 0. The van der Waals surface area contributed by atoms with Crippen molar-refractivity contribution in [3.05, 3.63) is 12.2 Å². The fourth-order valence-electron chi connectivity index (χ4n) is 2.91. The van der Waals surface area contributed by atoms with E-state index >= 15 is 0 Å². The molecule has 27 heavy (non-hydrogen) atoms. The molecule has 0 saturated carbocycles. The first-order valence-electron chi connectivity index (χ1n) is 10.8. The zero-order valence-electron chi connectivity index (χ0n) is 16.9. The molecular weight excluding hydrogens is 349 g/mol. The fourth-order valence-corrected chi connectivity index (χ4v) is 2.91. The van der Waals surface area contributed by atoms with Crippen molar-refractivity contribution in [1.29, 1.82) is 0 Å². The van der Waals surface area contributed by atoms with Crippen LogP contribution in [0.5, 0.6) is 0 Å². The normalized spacial score (nSPS) is 10.7. The SMILES string of the molecule is CCCCCCCC/C=C\CCCCCCCCNC(=O)CCC(=O)O.[NaH]. The molecule has 0 fully saturated rings. The van der Waals surface area contributed by atoms with E-state index in [4.69, 9.17) is 5.11 Å². The van der Waals surface area contributed by atoms with Gasteiger partial charge in [0, 0.05) is 13.0 Å². The van der Waals surface area contributed by atoms with Crippen molar-refractivity contribution in [3.8, 4) is 0 Å². The molecule has 0 saturated heterocycles. The van der Waals surface area contributed by atoms with Crippen LogP contribution in [-0.4, -0.2) is 53.1 Å². The van der Waals surface area contributed by atoms with E-state index in [0.29, 0.717) is 6.54 Å². The first-order valence-corrected chi connectivity index (χ1v) is 10.8. The average molecular weight is 392 g/mol. The third-order valence-corrected chi connectivity index (χ3v) is 4.58. The van der Waals surface area contributed by atoms with E-state index in [1.807, 2.05) is 0 Å². The minimum atomic E-state index is -0.919. The summed E-state index contributed by atoms with van der Waals surface area (Å²) in [6, 6.07) is 0. The number of allylic oxidation sites excluding steroid dienone is 2. The van der Waals surface area contributed by atoms with E-state index in [0.717, 1.165) is 12.8 Å². The summed E-state index contributed by atoms with van der Waals surface area (Å²) in [4.78, 5) is 21.7. The monoisotopic (exact) mass is 391 g/mol. The van der Waals surface area contributed by atoms with E-state index < -0.39 is 5.97 Å². The fraction of sp³-hybridized carbons (Fsp3) is 0.818. The van der Waals surface area contributed by atoms with Gasteiger partial charge >= 0.3 is 35.5 Å². The molecule has 0 aromatic rings. The number of hydrogen-bond donors (Lipinski definition) is 2. The van der Waals surface area contributed by atoms with Gasteiger partial charge in [0.15, 0.2) is 0 Å². The molecule has 0 radical (unpaired) electrons. The number of nitrogens with one attached hydrogen (secondary N) is 1. The van der Waals surface area contributed by atoms with E-state index in [2.05, 4.69) is 24.4 Å². The van der Waals surface area contributed by atoms with Crippen molar-refractivity contribution in [1.82, 2.24) is 5.32 Å². The summed E-state index contributed by atoms with van der Waals surface area (Å²) in [6.07, 6.45) is 22.5. The Bertz CT molecular complexity index is 373. The third kappa shape index (κ3) is 25.7. The number of rotatable bonds is 19. The molecule has 0 atom stereocenters. The molecule has 0 heterocycles. The molecule has 5 heteroatoms. The molecule has 0 unspecified atom stereocenters. The van der Waals surface area contributed by atoms with Crippen LogP contribution in [0, 0.1) is 0 Å². The Morgan fingerprint density at radius 1 is 0.741 bits per heavy atom. The number of amides is 1. The molecule has 0 bridgehead atoms. The van der Waals surface area contributed by atoms with Crippen LogP contribution in [0.25, 0.3) is 0 Å². The predicted molar refractivity (Wildman–Crippen MR) is 116 cm³/mol. The van der Waals surface area contributed by atoms with Crippen molar-refractivity contribution in [2.24, 2.45) is 0 Å². The van der Waals surface area contributed by atoms with Crippen molar-refractivity contribution in [2.75, 3.05) is 6.54 Å². The zero-order valence-corrected chi connectivity index (χ0v) is 16.9. The molecule has 0 aromatic carbocycles. The van der Waals surface area contributed by atoms with Crippen molar-refractivity contribution in [2.45, 2.75) is 110 Å². The predicted octanol–water partition coefficient (Wildman–Crippen LogP) is 5.36. The van der Waals surface area contributed by atoms with Gasteiger partial charge in [-0.05, 0) is 32.1 Å². The first-order chi connectivity index (χ1) is 12.7. The Kier molecular flexibility index (Phi) is 25.4. The summed E-state index contributed by atoms with van der Waals surface area (Å²) in [5.74, 6) is -1.07. The van der Waals surface area contributed by atoms with Crippen LogP contribution in [0.2, 0.25) is 0 Å². The summed E-state index contributed by atoms with van der Waals surface area (Å²) in [5.41, 5.74) is 0. The quantitative estimate of drug-likeness (QED) is 0.177. The van der Waals surface area contributed by atoms with Crippen LogP contribution in [-0.2, 0) is 9.59 Å². The van der Waals surface area contributed by atoms with Crippen LogP contribution >= 0.6 is 0 Å². The molecule has 4 nitrogen and oxygen atoms in total. The molecule has 0 aliphatic rings. The topological polar surface area (TPSA) is 66.4 Å². The standard InChI is InChI=1S/C22H41NO3.Na.H/c1-2-3-4-5-6-7-8-9-10-11-12-13-14-15-16-17-20-23-21(24)18-19-22(25)26;;/h9-10H,2-8,11-20H2,1H3,(H,23,24)(H,25,26);;/b10-9-;;. The molecule has 0 rings (SSSR count). The molecule has 0 aliphatic heterocycles. The van der Waals surface area contributed by atoms with Gasteiger partial charge < -0.3 is 10.4 Å². The van der Waals surface area contributed by atoms with Crippen molar-refractivity contribution < 1.29 is 14.7 Å². The summed E-state index contributed by atoms with van der Waals surface area (Å²) in [5, 5.41) is 11.3. The Hall–Kier alpha value is -0.320. The number of carbonyl (C=O) groups excluding carboxylic acids is 1. The number of carboxylic acids is 1. The average Bonchev–Trinajstić information content (AvgIpc) is 2.62. The third-order valence-electron chi connectivity index (χ3n) is 4.58. The summed E-state index contributed by atoms with van der Waals surface area (Å²) >= 11 is 0. The van der Waals surface area contributed by atoms with Crippen LogP contribution in [0.1, 0.15) is 110 Å². The van der Waals surface area contributed by atoms with Gasteiger partial charge in [0.25, 0.3) is 0 Å². The second-order valence-corrected chi connectivity index (χ2v) is 7.18. The molecule has 0 aromatic heterocycles. The zero-order chi connectivity index (χ0) is 19.3. The summed E-state index contributed by atoms with van der Waals surface area (Å²) in [7, 11) is 0. The number of unbranched alkanes of at least 4 members (excludes halogenated alkanes) is 12. The Labute approximate surface area is 189 Å². The van der Waals surface area contributed by atoms with Gasteiger partial charge in [0.2, 0.25) is 5.91 Å². The van der Waals surface area contributed by atoms with E-state index in [1.54, 1.807) is 0 Å². The molecule has 0 aliphatic carbocycles. The van der Waals surface area contributed by atoms with Crippen LogP contribution in [0.3, 0.4) is 0 Å². The minimum absolute atomic E-state index is 0. The Balaban J connectivity index is 0. The molecule has 1 amide bonds. The summed E-state index contributed by atoms with van der Waals surface area (Å²) in [6.45, 7) is 2.93. The van der Waals surface area contributed by atoms with Gasteiger partial charge in [-0.25, -0.2) is 0 Å². The van der Waals surface area contributed by atoms with Gasteiger partial charge in [-0.3, -0.25) is 9.59 Å². The molecular formula is C22H42NNaO3. The molecule has 2 N–H and O–H groups in total. The number of aliphatic carboxylic acids is 1. The number of carboxylic acid groups (broad SMARTS) is 1. The Morgan fingerprint density at radius 2 is 1.22 bits per heavy atom. The molecule has 154 valence electrons. The van der Waals surface area contributed by atoms with Crippen LogP contribution in [0.4, 0.5) is 0 Å². The van der Waals surface area contributed by atoms with Crippen molar-refractivity contribution in [3.63, 3.8) is 0 Å². The molecule has 0 spiro atoms.